The predicted octanol–water partition coefficient (Wildman–Crippen LogP) is 1.95. The highest BCUT2D eigenvalue weighted by Gasteiger charge is 2.45. The van der Waals surface area contributed by atoms with E-state index in [1.807, 2.05) is 0 Å². The van der Waals surface area contributed by atoms with Gasteiger partial charge >= 0.3 is 17.8 Å². The van der Waals surface area contributed by atoms with Crippen molar-refractivity contribution in [1.29, 1.82) is 0 Å². The number of nitrogens with one attached hydrogen (secondary N) is 1. The van der Waals surface area contributed by atoms with Crippen LogP contribution in [0.15, 0.2) is 54.6 Å². The Morgan fingerprint density at radius 1 is 0.852 bits per heavy atom. The first-order chi connectivity index (χ1) is 13.0. The zero-order valence-electron chi connectivity index (χ0n) is 14.2. The summed E-state index contributed by atoms with van der Waals surface area (Å²) in [5.41, 5.74) is 1.52. The number of imide groups is 2. The number of nitrogens with zero attached hydrogens (tertiary/aromatic N) is 2. The zero-order chi connectivity index (χ0) is 19.4. The van der Waals surface area contributed by atoms with E-state index in [-0.39, 0.29) is 13.1 Å². The minimum atomic E-state index is -1.00. The zero-order valence-corrected chi connectivity index (χ0v) is 15.0. The van der Waals surface area contributed by atoms with Gasteiger partial charge in [0.2, 0.25) is 5.91 Å². The Morgan fingerprint density at radius 3 is 2.15 bits per heavy atom. The van der Waals surface area contributed by atoms with Crippen molar-refractivity contribution in [3.05, 3.63) is 70.7 Å². The number of carbonyl (C=O) groups excluding carboxylic acids is 4. The summed E-state index contributed by atoms with van der Waals surface area (Å²) in [6.07, 6.45) is 0. The summed E-state index contributed by atoms with van der Waals surface area (Å²) in [6.45, 7) is -0.316. The molecule has 27 heavy (non-hydrogen) atoms. The van der Waals surface area contributed by atoms with Crippen molar-refractivity contribution in [3.8, 4) is 0 Å². The van der Waals surface area contributed by atoms with Crippen LogP contribution in [-0.4, -0.2) is 40.1 Å². The van der Waals surface area contributed by atoms with Gasteiger partial charge in [0.25, 0.3) is 0 Å². The molecule has 1 N–H and O–H groups in total. The van der Waals surface area contributed by atoms with Crippen molar-refractivity contribution in [3.63, 3.8) is 0 Å². The van der Waals surface area contributed by atoms with Gasteiger partial charge < -0.3 is 5.32 Å². The molecule has 0 aromatic heterocycles. The second-order valence-corrected chi connectivity index (χ2v) is 6.39. The molecule has 8 heteroatoms. The van der Waals surface area contributed by atoms with E-state index in [2.05, 4.69) is 5.32 Å². The second-order valence-electron chi connectivity index (χ2n) is 5.95. The van der Waals surface area contributed by atoms with Gasteiger partial charge in [-0.1, -0.05) is 54.1 Å². The molecule has 0 bridgehead atoms. The molecule has 3 rings (SSSR count). The van der Waals surface area contributed by atoms with Crippen molar-refractivity contribution in [1.82, 2.24) is 15.1 Å². The summed E-state index contributed by atoms with van der Waals surface area (Å²) in [5.74, 6) is -2.48. The van der Waals surface area contributed by atoms with Gasteiger partial charge in [-0.2, -0.15) is 0 Å². The second kappa shape index (κ2) is 8.01. The molecule has 1 aliphatic heterocycles. The summed E-state index contributed by atoms with van der Waals surface area (Å²) >= 11 is 5.80. The van der Waals surface area contributed by atoms with Gasteiger partial charge in [-0.15, -0.1) is 0 Å². The first kappa shape index (κ1) is 18.6. The Bertz CT molecular complexity index is 884. The SMILES string of the molecule is O=C(CN1C(=O)C(=O)N(Cc2ccccc2)C1=O)NCc1ccc(Cl)cc1. The van der Waals surface area contributed by atoms with Crippen LogP contribution < -0.4 is 5.32 Å². The van der Waals surface area contributed by atoms with E-state index in [9.17, 15) is 19.2 Å². The molecule has 0 unspecified atom stereocenters. The van der Waals surface area contributed by atoms with Crippen molar-refractivity contribution in [2.45, 2.75) is 13.1 Å². The molecular weight excluding hydrogens is 370 g/mol. The fourth-order valence-corrected chi connectivity index (χ4v) is 2.72. The quantitative estimate of drug-likeness (QED) is 0.608. The third kappa shape index (κ3) is 4.32. The number of carbonyl (C=O) groups is 4. The van der Waals surface area contributed by atoms with Crippen molar-refractivity contribution < 1.29 is 19.2 Å². The summed E-state index contributed by atoms with van der Waals surface area (Å²) in [7, 11) is 0. The van der Waals surface area contributed by atoms with E-state index in [1.54, 1.807) is 54.6 Å². The van der Waals surface area contributed by atoms with Gasteiger partial charge in [0.15, 0.2) is 0 Å². The highest BCUT2D eigenvalue weighted by molar-refractivity contribution is 6.44. The molecular formula is C19H16ClN3O4. The van der Waals surface area contributed by atoms with Crippen LogP contribution in [0.3, 0.4) is 0 Å². The Labute approximate surface area is 160 Å². The minimum Gasteiger partial charge on any atom is -0.350 e. The molecule has 1 fully saturated rings. The molecule has 1 saturated heterocycles. The minimum absolute atomic E-state index is 0.0207. The lowest BCUT2D eigenvalue weighted by molar-refractivity contribution is -0.144. The lowest BCUT2D eigenvalue weighted by Gasteiger charge is -2.15. The maximum atomic E-state index is 12.4. The molecule has 2 aromatic carbocycles. The molecule has 0 atom stereocenters. The maximum absolute atomic E-state index is 12.4. The molecule has 1 heterocycles. The van der Waals surface area contributed by atoms with Crippen molar-refractivity contribution in [2.75, 3.05) is 6.54 Å². The van der Waals surface area contributed by atoms with E-state index in [0.29, 0.717) is 15.5 Å². The average molecular weight is 386 g/mol. The smallest absolute Gasteiger partial charge is 0.335 e. The van der Waals surface area contributed by atoms with Crippen LogP contribution in [-0.2, 0) is 27.5 Å². The van der Waals surface area contributed by atoms with Gasteiger partial charge in [0.05, 0.1) is 6.54 Å². The van der Waals surface area contributed by atoms with Crippen molar-refractivity contribution in [2.24, 2.45) is 0 Å². The molecule has 138 valence electrons. The first-order valence-corrected chi connectivity index (χ1v) is 8.56. The topological polar surface area (TPSA) is 86.8 Å². The van der Waals surface area contributed by atoms with E-state index >= 15 is 0 Å². The summed E-state index contributed by atoms with van der Waals surface area (Å²) in [4.78, 5) is 50.2. The maximum Gasteiger partial charge on any atom is 0.335 e. The third-order valence-corrected chi connectivity index (χ3v) is 4.28. The van der Waals surface area contributed by atoms with Gasteiger partial charge in [-0.25, -0.2) is 9.69 Å². The molecule has 0 saturated carbocycles. The van der Waals surface area contributed by atoms with Crippen LogP contribution in [0.1, 0.15) is 11.1 Å². The Hall–Kier alpha value is -3.19. The number of urea groups is 1. The lowest BCUT2D eigenvalue weighted by atomic mass is 10.2. The largest absolute Gasteiger partial charge is 0.350 e. The molecule has 0 aliphatic carbocycles. The van der Waals surface area contributed by atoms with E-state index in [0.717, 1.165) is 10.5 Å². The predicted molar refractivity (Wildman–Crippen MR) is 97.4 cm³/mol. The molecule has 0 radical (unpaired) electrons. The van der Waals surface area contributed by atoms with E-state index < -0.39 is 30.3 Å². The number of hydrogen-bond acceptors (Lipinski definition) is 4. The summed E-state index contributed by atoms with van der Waals surface area (Å²) < 4.78 is 0. The van der Waals surface area contributed by atoms with Crippen LogP contribution in [0.25, 0.3) is 0 Å². The summed E-state index contributed by atoms with van der Waals surface area (Å²) in [6, 6.07) is 14.9. The van der Waals surface area contributed by atoms with Gasteiger partial charge in [0, 0.05) is 11.6 Å². The number of benzene rings is 2. The van der Waals surface area contributed by atoms with Crippen molar-refractivity contribution >= 4 is 35.4 Å². The highest BCUT2D eigenvalue weighted by atomic mass is 35.5. The number of halogens is 1. The van der Waals surface area contributed by atoms with Crippen LogP contribution in [0.5, 0.6) is 0 Å². The van der Waals surface area contributed by atoms with Crippen LogP contribution in [0.4, 0.5) is 4.79 Å². The number of rotatable bonds is 6. The van der Waals surface area contributed by atoms with Gasteiger partial charge in [0.1, 0.15) is 6.54 Å². The molecule has 0 spiro atoms. The molecule has 2 aromatic rings. The molecule has 1 aliphatic rings. The standard InChI is InChI=1S/C19H16ClN3O4/c20-15-8-6-13(7-9-15)10-21-16(24)12-23-18(26)17(25)22(19(23)27)11-14-4-2-1-3-5-14/h1-9H,10-12H2,(H,21,24). The Balaban J connectivity index is 1.59. The fourth-order valence-electron chi connectivity index (χ4n) is 2.60. The van der Waals surface area contributed by atoms with Gasteiger partial charge in [-0.05, 0) is 23.3 Å². The lowest BCUT2D eigenvalue weighted by Crippen LogP contribution is -2.41. The normalized spacial score (nSPS) is 14.0. The fraction of sp³-hybridized carbons (Fsp3) is 0.158. The highest BCUT2D eigenvalue weighted by Crippen LogP contribution is 2.16. The average Bonchev–Trinajstić information content (AvgIpc) is 2.86. The van der Waals surface area contributed by atoms with Gasteiger partial charge in [-0.3, -0.25) is 19.3 Å². The summed E-state index contributed by atoms with van der Waals surface area (Å²) in [5, 5.41) is 3.19. The van der Waals surface area contributed by atoms with Crippen LogP contribution in [0, 0.1) is 0 Å². The van der Waals surface area contributed by atoms with E-state index in [1.165, 1.54) is 0 Å². The first-order valence-electron chi connectivity index (χ1n) is 8.18. The monoisotopic (exact) mass is 385 g/mol. The Morgan fingerprint density at radius 2 is 1.48 bits per heavy atom. The molecule has 7 nitrogen and oxygen atoms in total. The van der Waals surface area contributed by atoms with Crippen LogP contribution >= 0.6 is 11.6 Å². The van der Waals surface area contributed by atoms with E-state index in [4.69, 9.17) is 11.6 Å². The Kier molecular flexibility index (Phi) is 5.52. The third-order valence-electron chi connectivity index (χ3n) is 4.02. The number of amides is 5. The van der Waals surface area contributed by atoms with Crippen LogP contribution in [0.2, 0.25) is 5.02 Å². The number of hydrogen-bond donors (Lipinski definition) is 1. The molecule has 5 amide bonds.